The van der Waals surface area contributed by atoms with E-state index in [1.54, 1.807) is 37.4 Å². The molecule has 0 amide bonds. The van der Waals surface area contributed by atoms with Gasteiger partial charge in [-0.25, -0.2) is 0 Å². The first kappa shape index (κ1) is 13.7. The molecule has 1 unspecified atom stereocenters. The Morgan fingerprint density at radius 3 is 2.53 bits per heavy atom. The van der Waals surface area contributed by atoms with E-state index in [-0.39, 0.29) is 0 Å². The molecule has 17 heavy (non-hydrogen) atoms. The third-order valence-electron chi connectivity index (χ3n) is 2.22. The molecule has 1 atom stereocenters. The Bertz CT molecular complexity index is 427. The highest BCUT2D eigenvalue weighted by Gasteiger charge is 2.09. The summed E-state index contributed by atoms with van der Waals surface area (Å²) in [6, 6.07) is 7.07. The molecule has 5 heteroatoms. The summed E-state index contributed by atoms with van der Waals surface area (Å²) >= 11 is 5.78. The van der Waals surface area contributed by atoms with Gasteiger partial charge in [-0.1, -0.05) is 23.7 Å². The van der Waals surface area contributed by atoms with Crippen LogP contribution in [0.25, 0.3) is 5.70 Å². The average molecular weight is 255 g/mol. The van der Waals surface area contributed by atoms with Crippen LogP contribution in [0.15, 0.2) is 35.3 Å². The normalized spacial score (nSPS) is 14.8. The Labute approximate surface area is 105 Å². The molecule has 0 fully saturated rings. The van der Waals surface area contributed by atoms with Crippen LogP contribution in [-0.4, -0.2) is 31.3 Å². The molecule has 0 heterocycles. The van der Waals surface area contributed by atoms with Crippen LogP contribution in [0, 0.1) is 0 Å². The Balaban J connectivity index is 2.95. The highest BCUT2D eigenvalue weighted by atomic mass is 35.5. The van der Waals surface area contributed by atoms with Crippen LogP contribution in [0.5, 0.6) is 0 Å². The second-order valence-electron chi connectivity index (χ2n) is 3.34. The van der Waals surface area contributed by atoms with Gasteiger partial charge in [0.15, 0.2) is 6.29 Å². The smallest absolute Gasteiger partial charge is 0.197 e. The molecule has 1 aromatic rings. The number of aliphatic hydroxyl groups is 1. The van der Waals surface area contributed by atoms with Crippen molar-refractivity contribution in [2.45, 2.75) is 6.29 Å². The van der Waals surface area contributed by atoms with Gasteiger partial charge in [-0.2, -0.15) is 0 Å². The van der Waals surface area contributed by atoms with Gasteiger partial charge in [-0.3, -0.25) is 4.99 Å². The minimum atomic E-state index is -1.08. The molecule has 0 spiro atoms. The number of halogens is 1. The molecule has 0 aliphatic rings. The lowest BCUT2D eigenvalue weighted by Crippen LogP contribution is -2.21. The first-order chi connectivity index (χ1) is 8.08. The number of aliphatic hydroxyl groups excluding tert-OH is 1. The van der Waals surface area contributed by atoms with Gasteiger partial charge in [0.25, 0.3) is 0 Å². The van der Waals surface area contributed by atoms with E-state index in [0.717, 1.165) is 5.56 Å². The molecule has 0 saturated heterocycles. The van der Waals surface area contributed by atoms with E-state index >= 15 is 0 Å². The zero-order chi connectivity index (χ0) is 12.8. The average Bonchev–Trinajstić information content (AvgIpc) is 2.35. The maximum Gasteiger partial charge on any atom is 0.197 e. The van der Waals surface area contributed by atoms with Gasteiger partial charge in [-0.05, 0) is 23.8 Å². The molecule has 1 aromatic carbocycles. The first-order valence-electron chi connectivity index (χ1n) is 4.99. The van der Waals surface area contributed by atoms with Gasteiger partial charge in [0.05, 0.1) is 5.71 Å². The second-order valence-corrected chi connectivity index (χ2v) is 3.78. The number of benzene rings is 1. The lowest BCUT2D eigenvalue weighted by molar-refractivity contribution is -0.0192. The van der Waals surface area contributed by atoms with E-state index in [9.17, 15) is 5.11 Å². The van der Waals surface area contributed by atoms with Crippen molar-refractivity contribution >= 4 is 23.0 Å². The molecule has 0 saturated carbocycles. The summed E-state index contributed by atoms with van der Waals surface area (Å²) in [5.74, 6) is 0. The molecule has 3 N–H and O–H groups in total. The van der Waals surface area contributed by atoms with Crippen LogP contribution in [0.3, 0.4) is 0 Å². The van der Waals surface area contributed by atoms with Gasteiger partial charge in [0.2, 0.25) is 0 Å². The van der Waals surface area contributed by atoms with Crippen LogP contribution >= 0.6 is 11.6 Å². The summed E-state index contributed by atoms with van der Waals surface area (Å²) in [4.78, 5) is 3.90. The van der Waals surface area contributed by atoms with Crippen molar-refractivity contribution in [2.24, 2.45) is 10.7 Å². The number of ether oxygens (including phenoxy) is 1. The van der Waals surface area contributed by atoms with Gasteiger partial charge >= 0.3 is 0 Å². The molecule has 1 rings (SSSR count). The van der Waals surface area contributed by atoms with Crippen LogP contribution in [-0.2, 0) is 4.74 Å². The number of methoxy groups -OCH3 is 1. The van der Waals surface area contributed by atoms with E-state index in [1.807, 2.05) is 0 Å². The zero-order valence-corrected chi connectivity index (χ0v) is 10.5. The first-order valence-corrected chi connectivity index (χ1v) is 5.37. The van der Waals surface area contributed by atoms with Gasteiger partial charge < -0.3 is 15.6 Å². The van der Waals surface area contributed by atoms with Crippen molar-refractivity contribution in [3.63, 3.8) is 0 Å². The maximum atomic E-state index is 9.48. The summed E-state index contributed by atoms with van der Waals surface area (Å²) in [7, 11) is 2.95. The number of nitrogens with two attached hydrogens (primary N) is 1. The van der Waals surface area contributed by atoms with E-state index in [4.69, 9.17) is 22.1 Å². The van der Waals surface area contributed by atoms with Crippen LogP contribution < -0.4 is 5.73 Å². The molecular weight excluding hydrogens is 240 g/mol. The van der Waals surface area contributed by atoms with Crippen LogP contribution in [0.4, 0.5) is 0 Å². The van der Waals surface area contributed by atoms with Gasteiger partial charge in [-0.15, -0.1) is 0 Å². The van der Waals surface area contributed by atoms with Crippen molar-refractivity contribution < 1.29 is 9.84 Å². The second kappa shape index (κ2) is 6.39. The predicted octanol–water partition coefficient (Wildman–Crippen LogP) is 1.68. The van der Waals surface area contributed by atoms with E-state index in [1.165, 1.54) is 7.11 Å². The van der Waals surface area contributed by atoms with E-state index in [0.29, 0.717) is 16.4 Å². The van der Waals surface area contributed by atoms with Crippen molar-refractivity contribution in [1.29, 1.82) is 0 Å². The maximum absolute atomic E-state index is 9.48. The fraction of sp³-hybridized carbons (Fsp3) is 0.250. The summed E-state index contributed by atoms with van der Waals surface area (Å²) in [5.41, 5.74) is 7.53. The molecule has 0 aromatic heterocycles. The van der Waals surface area contributed by atoms with Crippen LogP contribution in [0.1, 0.15) is 5.56 Å². The number of aliphatic imine (C=N–C) groups is 1. The van der Waals surface area contributed by atoms with Crippen molar-refractivity contribution in [3.8, 4) is 0 Å². The number of hydrogen-bond acceptors (Lipinski definition) is 4. The molecule has 0 radical (unpaired) electrons. The largest absolute Gasteiger partial charge is 0.398 e. The number of hydrogen-bond donors (Lipinski definition) is 2. The fourth-order valence-corrected chi connectivity index (χ4v) is 1.38. The number of rotatable bonds is 4. The standard InChI is InChI=1S/C12H15ClN2O2/c1-15-11(12(16)17-2)7-10(14)8-3-5-9(13)6-4-8/h3-7,12,16H,14H2,1-2H3. The fourth-order valence-electron chi connectivity index (χ4n) is 1.25. The highest BCUT2D eigenvalue weighted by Crippen LogP contribution is 2.14. The molecule has 92 valence electrons. The Morgan fingerprint density at radius 1 is 1.47 bits per heavy atom. The van der Waals surface area contributed by atoms with E-state index < -0.39 is 6.29 Å². The molecule has 0 bridgehead atoms. The lowest BCUT2D eigenvalue weighted by atomic mass is 10.1. The molecule has 0 aliphatic heterocycles. The minimum absolute atomic E-state index is 0.361. The summed E-state index contributed by atoms with van der Waals surface area (Å²) in [5, 5.41) is 10.1. The molecule has 4 nitrogen and oxygen atoms in total. The zero-order valence-electron chi connectivity index (χ0n) is 9.72. The highest BCUT2D eigenvalue weighted by molar-refractivity contribution is 6.30. The van der Waals surface area contributed by atoms with E-state index in [2.05, 4.69) is 4.99 Å². The third kappa shape index (κ3) is 3.85. The Kier molecular flexibility index (Phi) is 5.15. The van der Waals surface area contributed by atoms with Crippen molar-refractivity contribution in [2.75, 3.05) is 14.2 Å². The quantitative estimate of drug-likeness (QED) is 0.635. The minimum Gasteiger partial charge on any atom is -0.398 e. The van der Waals surface area contributed by atoms with Crippen molar-refractivity contribution in [3.05, 3.63) is 40.9 Å². The molecule has 0 aliphatic carbocycles. The summed E-state index contributed by atoms with van der Waals surface area (Å²) < 4.78 is 4.76. The Morgan fingerprint density at radius 2 is 2.06 bits per heavy atom. The third-order valence-corrected chi connectivity index (χ3v) is 2.47. The lowest BCUT2D eigenvalue weighted by Gasteiger charge is -2.09. The van der Waals surface area contributed by atoms with Crippen LogP contribution in [0.2, 0.25) is 5.02 Å². The monoisotopic (exact) mass is 254 g/mol. The topological polar surface area (TPSA) is 67.8 Å². The number of nitrogens with zero attached hydrogens (tertiary/aromatic N) is 1. The van der Waals surface area contributed by atoms with Gasteiger partial charge in [0, 0.05) is 24.9 Å². The Hall–Kier alpha value is -1.36. The van der Waals surface area contributed by atoms with Gasteiger partial charge in [0.1, 0.15) is 0 Å². The SMILES string of the molecule is CN=C(C=C(N)c1ccc(Cl)cc1)C(O)OC. The summed E-state index contributed by atoms with van der Waals surface area (Å²) in [6.07, 6.45) is 0.489. The summed E-state index contributed by atoms with van der Waals surface area (Å²) in [6.45, 7) is 0. The van der Waals surface area contributed by atoms with Crippen molar-refractivity contribution in [1.82, 2.24) is 0 Å². The molecular formula is C12H15ClN2O2. The predicted molar refractivity (Wildman–Crippen MR) is 70.0 cm³/mol.